The maximum Gasteiger partial charge on any atom is 0.397 e. The highest BCUT2D eigenvalue weighted by Gasteiger charge is 2.34. The summed E-state index contributed by atoms with van der Waals surface area (Å²) in [5.74, 6) is -1.33. The Morgan fingerprint density at radius 3 is 2.36 bits per heavy atom. The number of benzene rings is 1. The first kappa shape index (κ1) is 17.0. The zero-order chi connectivity index (χ0) is 16.3. The minimum Gasteiger partial charge on any atom is -0.340 e. The van der Waals surface area contributed by atoms with Gasteiger partial charge < -0.3 is 4.90 Å². The molecule has 0 aromatic heterocycles. The molecule has 1 saturated heterocycles. The normalized spacial score (nSPS) is 16.9. The zero-order valence-electron chi connectivity index (χ0n) is 11.7. The van der Waals surface area contributed by atoms with Crippen molar-refractivity contribution in [1.29, 1.82) is 0 Å². The molecule has 1 aliphatic rings. The smallest absolute Gasteiger partial charge is 0.340 e. The van der Waals surface area contributed by atoms with Crippen LogP contribution in [0.15, 0.2) is 18.2 Å². The van der Waals surface area contributed by atoms with Crippen LogP contribution in [-0.4, -0.2) is 48.1 Å². The van der Waals surface area contributed by atoms with Crippen LogP contribution in [0.1, 0.15) is 12.0 Å². The number of nitrogens with zero attached hydrogens (tertiary/aromatic N) is 2. The molecule has 0 saturated carbocycles. The number of alkyl halides is 3. The Morgan fingerprint density at radius 2 is 1.82 bits per heavy atom. The van der Waals surface area contributed by atoms with Crippen molar-refractivity contribution in [2.75, 3.05) is 26.2 Å². The number of carbonyl (C=O) groups is 1. The third-order valence-corrected chi connectivity index (χ3v) is 3.87. The number of hydrogen-bond donors (Lipinski definition) is 0. The lowest BCUT2D eigenvalue weighted by molar-refractivity contribution is -0.162. The fraction of sp³-hybridized carbons (Fsp3) is 0.500. The summed E-state index contributed by atoms with van der Waals surface area (Å²) in [5.41, 5.74) is 0.360. The van der Waals surface area contributed by atoms with Crippen molar-refractivity contribution in [3.8, 4) is 0 Å². The summed E-state index contributed by atoms with van der Waals surface area (Å²) in [6.45, 7) is 1.43. The predicted octanol–water partition coefficient (Wildman–Crippen LogP) is 3.08. The summed E-state index contributed by atoms with van der Waals surface area (Å²) in [7, 11) is 0. The number of rotatable bonds is 3. The Balaban J connectivity index is 1.89. The van der Waals surface area contributed by atoms with Crippen LogP contribution in [0.2, 0.25) is 5.02 Å². The van der Waals surface area contributed by atoms with Crippen LogP contribution in [0.3, 0.4) is 0 Å². The maximum absolute atomic E-state index is 13.7. The molecule has 0 spiro atoms. The molecule has 0 N–H and O–H groups in total. The number of piperazine rings is 1. The van der Waals surface area contributed by atoms with Gasteiger partial charge >= 0.3 is 6.18 Å². The molecule has 0 bridgehead atoms. The monoisotopic (exact) mass is 338 g/mol. The van der Waals surface area contributed by atoms with Gasteiger partial charge in [-0.3, -0.25) is 9.69 Å². The largest absolute Gasteiger partial charge is 0.397 e. The summed E-state index contributed by atoms with van der Waals surface area (Å²) in [5, 5.41) is 0.315. The summed E-state index contributed by atoms with van der Waals surface area (Å²) < 4.78 is 50.3. The molecule has 8 heteroatoms. The van der Waals surface area contributed by atoms with E-state index < -0.39 is 24.3 Å². The van der Waals surface area contributed by atoms with Gasteiger partial charge in [-0.1, -0.05) is 17.7 Å². The van der Waals surface area contributed by atoms with E-state index >= 15 is 0 Å². The second-order valence-corrected chi connectivity index (χ2v) is 5.56. The van der Waals surface area contributed by atoms with E-state index in [2.05, 4.69) is 0 Å². The van der Waals surface area contributed by atoms with Gasteiger partial charge in [0, 0.05) is 43.3 Å². The molecule has 22 heavy (non-hydrogen) atoms. The van der Waals surface area contributed by atoms with E-state index in [4.69, 9.17) is 11.6 Å². The molecule has 0 aliphatic carbocycles. The van der Waals surface area contributed by atoms with Crippen molar-refractivity contribution in [2.24, 2.45) is 0 Å². The highest BCUT2D eigenvalue weighted by atomic mass is 35.5. The number of amides is 1. The molecule has 1 aromatic rings. The van der Waals surface area contributed by atoms with Crippen molar-refractivity contribution in [2.45, 2.75) is 19.1 Å². The quantitative estimate of drug-likeness (QED) is 0.791. The zero-order valence-corrected chi connectivity index (χ0v) is 12.4. The predicted molar refractivity (Wildman–Crippen MR) is 73.9 cm³/mol. The van der Waals surface area contributed by atoms with Gasteiger partial charge in [-0.05, 0) is 12.1 Å². The molecule has 3 nitrogen and oxygen atoms in total. The molecule has 0 unspecified atom stereocenters. The third-order valence-electron chi connectivity index (χ3n) is 3.52. The van der Waals surface area contributed by atoms with E-state index in [-0.39, 0.29) is 19.6 Å². The fourth-order valence-corrected chi connectivity index (χ4v) is 2.57. The van der Waals surface area contributed by atoms with Gasteiger partial charge in [0.2, 0.25) is 5.91 Å². The first-order chi connectivity index (χ1) is 10.3. The van der Waals surface area contributed by atoms with Crippen molar-refractivity contribution in [3.63, 3.8) is 0 Å². The Hall–Kier alpha value is -1.34. The first-order valence-corrected chi connectivity index (χ1v) is 7.14. The average Bonchev–Trinajstić information content (AvgIpc) is 2.42. The molecule has 2 rings (SSSR count). The van der Waals surface area contributed by atoms with Crippen LogP contribution in [0.5, 0.6) is 0 Å². The van der Waals surface area contributed by atoms with Crippen molar-refractivity contribution in [3.05, 3.63) is 34.6 Å². The molecule has 1 aromatic carbocycles. The van der Waals surface area contributed by atoms with Crippen LogP contribution >= 0.6 is 11.6 Å². The Bertz CT molecular complexity index is 522. The second-order valence-electron chi connectivity index (χ2n) is 5.15. The molecular formula is C14H15ClF4N2O. The molecule has 1 amide bonds. The van der Waals surface area contributed by atoms with Gasteiger partial charge in [-0.25, -0.2) is 4.39 Å². The summed E-state index contributed by atoms with van der Waals surface area (Å²) in [6, 6.07) is 4.41. The number of carbonyl (C=O) groups excluding carboxylic acids is 1. The SMILES string of the molecule is O=C(CC(F)(F)F)N1CCN(Cc2c(F)cccc2Cl)CC1. The Kier molecular flexibility index (Phi) is 5.28. The molecule has 122 valence electrons. The second kappa shape index (κ2) is 6.83. The van der Waals surface area contributed by atoms with E-state index in [0.717, 1.165) is 0 Å². The Morgan fingerprint density at radius 1 is 1.18 bits per heavy atom. The van der Waals surface area contributed by atoms with E-state index in [1.54, 1.807) is 6.07 Å². The van der Waals surface area contributed by atoms with Crippen LogP contribution in [-0.2, 0) is 11.3 Å². The molecular weight excluding hydrogens is 324 g/mol. The van der Waals surface area contributed by atoms with E-state index in [0.29, 0.717) is 23.7 Å². The van der Waals surface area contributed by atoms with Crippen LogP contribution < -0.4 is 0 Å². The van der Waals surface area contributed by atoms with E-state index in [1.165, 1.54) is 17.0 Å². The Labute approximate surface area is 130 Å². The van der Waals surface area contributed by atoms with Gasteiger partial charge in [0.05, 0.1) is 0 Å². The standard InChI is InChI=1S/C14H15ClF4N2O/c15-11-2-1-3-12(16)10(11)9-20-4-6-21(7-5-20)13(22)8-14(17,18)19/h1-3H,4-9H2. The van der Waals surface area contributed by atoms with Gasteiger partial charge in [-0.15, -0.1) is 0 Å². The fourth-order valence-electron chi connectivity index (χ4n) is 2.35. The highest BCUT2D eigenvalue weighted by Crippen LogP contribution is 2.23. The first-order valence-electron chi connectivity index (χ1n) is 6.76. The van der Waals surface area contributed by atoms with Crippen molar-refractivity contribution in [1.82, 2.24) is 9.80 Å². The van der Waals surface area contributed by atoms with Gasteiger partial charge in [0.1, 0.15) is 12.2 Å². The topological polar surface area (TPSA) is 23.6 Å². The summed E-state index contributed by atoms with van der Waals surface area (Å²) in [4.78, 5) is 14.5. The lowest BCUT2D eigenvalue weighted by Gasteiger charge is -2.35. The molecule has 0 radical (unpaired) electrons. The maximum atomic E-state index is 13.7. The van der Waals surface area contributed by atoms with Crippen molar-refractivity contribution < 1.29 is 22.4 Å². The number of halogens is 5. The average molecular weight is 339 g/mol. The summed E-state index contributed by atoms with van der Waals surface area (Å²) >= 11 is 5.94. The molecule has 1 fully saturated rings. The lowest BCUT2D eigenvalue weighted by atomic mass is 10.1. The molecule has 1 heterocycles. The lowest BCUT2D eigenvalue weighted by Crippen LogP contribution is -2.49. The highest BCUT2D eigenvalue weighted by molar-refractivity contribution is 6.31. The van der Waals surface area contributed by atoms with Crippen LogP contribution in [0.25, 0.3) is 0 Å². The van der Waals surface area contributed by atoms with Crippen LogP contribution in [0, 0.1) is 5.82 Å². The van der Waals surface area contributed by atoms with E-state index in [1.807, 2.05) is 4.90 Å². The van der Waals surface area contributed by atoms with Crippen molar-refractivity contribution >= 4 is 17.5 Å². The van der Waals surface area contributed by atoms with Crippen LogP contribution in [0.4, 0.5) is 17.6 Å². The third kappa shape index (κ3) is 4.58. The molecule has 0 atom stereocenters. The summed E-state index contributed by atoms with van der Waals surface area (Å²) in [6.07, 6.45) is -5.93. The minimum absolute atomic E-state index is 0.195. The van der Waals surface area contributed by atoms with Gasteiger partial charge in [0.25, 0.3) is 0 Å². The van der Waals surface area contributed by atoms with Gasteiger partial charge in [-0.2, -0.15) is 13.2 Å². The van der Waals surface area contributed by atoms with Gasteiger partial charge in [0.15, 0.2) is 0 Å². The van der Waals surface area contributed by atoms with E-state index in [9.17, 15) is 22.4 Å². The minimum atomic E-state index is -4.49. The number of hydrogen-bond acceptors (Lipinski definition) is 2. The molecule has 1 aliphatic heterocycles.